The Hall–Kier alpha value is -1.00. The monoisotopic (exact) mass is 293 g/mol. The van der Waals surface area contributed by atoms with Crippen molar-refractivity contribution in [3.63, 3.8) is 0 Å². The standard InChI is InChI=1S/C10H19N3O5S/c1-7-10(9(5-14)13-12-7)19(15,16)11-4-8(18-3)6-17-2/h8,11,14H,4-6H2,1-3H3,(H,12,13). The molecule has 110 valence electrons. The second-order valence-electron chi connectivity index (χ2n) is 3.95. The Labute approximate surface area is 112 Å². The van der Waals surface area contributed by atoms with Gasteiger partial charge in [-0.2, -0.15) is 5.10 Å². The molecule has 1 heterocycles. The van der Waals surface area contributed by atoms with E-state index in [9.17, 15) is 8.42 Å². The van der Waals surface area contributed by atoms with Crippen molar-refractivity contribution < 1.29 is 23.0 Å². The highest BCUT2D eigenvalue weighted by atomic mass is 32.2. The van der Waals surface area contributed by atoms with Crippen LogP contribution in [0.5, 0.6) is 0 Å². The van der Waals surface area contributed by atoms with Gasteiger partial charge in [-0.15, -0.1) is 0 Å². The van der Waals surface area contributed by atoms with E-state index >= 15 is 0 Å². The lowest BCUT2D eigenvalue weighted by Gasteiger charge is -2.15. The maximum atomic E-state index is 12.1. The van der Waals surface area contributed by atoms with Crippen molar-refractivity contribution in [2.24, 2.45) is 0 Å². The minimum absolute atomic E-state index is 0.0257. The Balaban J connectivity index is 2.83. The zero-order chi connectivity index (χ0) is 14.5. The number of aliphatic hydroxyl groups is 1. The average molecular weight is 293 g/mol. The highest BCUT2D eigenvalue weighted by molar-refractivity contribution is 7.89. The topological polar surface area (TPSA) is 114 Å². The molecule has 3 N–H and O–H groups in total. The van der Waals surface area contributed by atoms with Gasteiger partial charge in [0, 0.05) is 20.8 Å². The van der Waals surface area contributed by atoms with Gasteiger partial charge in [-0.25, -0.2) is 13.1 Å². The van der Waals surface area contributed by atoms with E-state index in [0.717, 1.165) is 0 Å². The number of aromatic nitrogens is 2. The minimum atomic E-state index is -3.75. The van der Waals surface area contributed by atoms with Crippen LogP contribution in [0.4, 0.5) is 0 Å². The summed E-state index contributed by atoms with van der Waals surface area (Å²) in [7, 11) is -0.776. The number of sulfonamides is 1. The molecule has 1 aromatic heterocycles. The highest BCUT2D eigenvalue weighted by Crippen LogP contribution is 2.17. The van der Waals surface area contributed by atoms with Crippen LogP contribution >= 0.6 is 0 Å². The van der Waals surface area contributed by atoms with Gasteiger partial charge >= 0.3 is 0 Å². The lowest BCUT2D eigenvalue weighted by molar-refractivity contribution is 0.0320. The number of H-pyrrole nitrogens is 1. The molecule has 0 radical (unpaired) electrons. The molecule has 0 saturated carbocycles. The van der Waals surface area contributed by atoms with Gasteiger partial charge in [-0.05, 0) is 6.92 Å². The summed E-state index contributed by atoms with van der Waals surface area (Å²) in [6.45, 7) is 1.47. The fourth-order valence-electron chi connectivity index (χ4n) is 1.60. The number of nitrogens with one attached hydrogen (secondary N) is 2. The molecule has 0 aromatic carbocycles. The maximum Gasteiger partial charge on any atom is 0.244 e. The van der Waals surface area contributed by atoms with Gasteiger partial charge < -0.3 is 14.6 Å². The fourth-order valence-corrected chi connectivity index (χ4v) is 3.02. The average Bonchev–Trinajstić information content (AvgIpc) is 2.76. The molecule has 0 fully saturated rings. The van der Waals surface area contributed by atoms with E-state index in [1.54, 1.807) is 6.92 Å². The minimum Gasteiger partial charge on any atom is -0.390 e. The van der Waals surface area contributed by atoms with Crippen LogP contribution < -0.4 is 4.72 Å². The van der Waals surface area contributed by atoms with Gasteiger partial charge in [0.25, 0.3) is 0 Å². The second kappa shape index (κ2) is 6.96. The molecular weight excluding hydrogens is 274 g/mol. The van der Waals surface area contributed by atoms with Crippen molar-refractivity contribution in [2.45, 2.75) is 24.5 Å². The van der Waals surface area contributed by atoms with Crippen LogP contribution in [0, 0.1) is 6.92 Å². The van der Waals surface area contributed by atoms with Crippen LogP contribution in [-0.2, 0) is 26.1 Å². The smallest absolute Gasteiger partial charge is 0.244 e. The summed E-state index contributed by atoms with van der Waals surface area (Å²) < 4.78 is 36.7. The van der Waals surface area contributed by atoms with Crippen molar-refractivity contribution in [3.8, 4) is 0 Å². The van der Waals surface area contributed by atoms with E-state index in [1.807, 2.05) is 0 Å². The maximum absolute atomic E-state index is 12.1. The van der Waals surface area contributed by atoms with Crippen LogP contribution in [0.25, 0.3) is 0 Å². The molecule has 0 aliphatic heterocycles. The summed E-state index contributed by atoms with van der Waals surface area (Å²) in [5, 5.41) is 15.4. The zero-order valence-corrected chi connectivity index (χ0v) is 12.0. The van der Waals surface area contributed by atoms with E-state index in [0.29, 0.717) is 5.69 Å². The van der Waals surface area contributed by atoms with Crippen LogP contribution in [0.3, 0.4) is 0 Å². The molecule has 1 unspecified atom stereocenters. The van der Waals surface area contributed by atoms with Crippen molar-refractivity contribution >= 4 is 10.0 Å². The molecule has 9 heteroatoms. The summed E-state index contributed by atoms with van der Waals surface area (Å²) in [5.41, 5.74) is 0.461. The lowest BCUT2D eigenvalue weighted by atomic mass is 10.4. The molecule has 1 atom stereocenters. The van der Waals surface area contributed by atoms with Gasteiger partial charge in [-0.3, -0.25) is 5.10 Å². The van der Waals surface area contributed by atoms with Gasteiger partial charge in [0.1, 0.15) is 10.6 Å². The number of hydrogen-bond acceptors (Lipinski definition) is 6. The molecule has 1 aromatic rings. The lowest BCUT2D eigenvalue weighted by Crippen LogP contribution is -2.36. The van der Waals surface area contributed by atoms with E-state index in [1.165, 1.54) is 14.2 Å². The normalized spacial score (nSPS) is 13.7. The van der Waals surface area contributed by atoms with Crippen molar-refractivity contribution in [1.82, 2.24) is 14.9 Å². The van der Waals surface area contributed by atoms with Gasteiger partial charge in [0.15, 0.2) is 0 Å². The molecule has 0 amide bonds. The summed E-state index contributed by atoms with van der Waals surface area (Å²) in [5.74, 6) is 0. The number of aromatic amines is 1. The third-order valence-electron chi connectivity index (χ3n) is 2.57. The first-order valence-corrected chi connectivity index (χ1v) is 7.10. The molecule has 0 aliphatic rings. The van der Waals surface area contributed by atoms with E-state index in [4.69, 9.17) is 14.6 Å². The molecule has 0 aliphatic carbocycles. The number of ether oxygens (including phenoxy) is 2. The molecule has 0 spiro atoms. The summed E-state index contributed by atoms with van der Waals surface area (Å²) in [4.78, 5) is -0.0257. The number of methoxy groups -OCH3 is 2. The van der Waals surface area contributed by atoms with Crippen LogP contribution in [0.15, 0.2) is 4.90 Å². The Morgan fingerprint density at radius 2 is 2.16 bits per heavy atom. The van der Waals surface area contributed by atoms with Gasteiger partial charge in [-0.1, -0.05) is 0 Å². The summed E-state index contributed by atoms with van der Waals surface area (Å²) in [6.07, 6.45) is -0.385. The van der Waals surface area contributed by atoms with Crippen LogP contribution in [0.2, 0.25) is 0 Å². The quantitative estimate of drug-likeness (QED) is 0.575. The number of aliphatic hydroxyl groups excluding tert-OH is 1. The van der Waals surface area contributed by atoms with Crippen molar-refractivity contribution in [1.29, 1.82) is 0 Å². The van der Waals surface area contributed by atoms with Crippen molar-refractivity contribution in [3.05, 3.63) is 11.4 Å². The molecular formula is C10H19N3O5S. The van der Waals surface area contributed by atoms with E-state index in [2.05, 4.69) is 14.9 Å². The molecule has 19 heavy (non-hydrogen) atoms. The summed E-state index contributed by atoms with van der Waals surface area (Å²) in [6, 6.07) is 0. The zero-order valence-electron chi connectivity index (χ0n) is 11.1. The fraction of sp³-hybridized carbons (Fsp3) is 0.700. The van der Waals surface area contributed by atoms with Crippen molar-refractivity contribution in [2.75, 3.05) is 27.4 Å². The van der Waals surface area contributed by atoms with E-state index < -0.39 is 16.6 Å². The second-order valence-corrected chi connectivity index (χ2v) is 5.65. The molecule has 1 rings (SSSR count). The Bertz CT molecular complexity index is 499. The Kier molecular flexibility index (Phi) is 5.88. The third-order valence-corrected chi connectivity index (χ3v) is 4.19. The first-order chi connectivity index (χ1) is 8.96. The van der Waals surface area contributed by atoms with Gasteiger partial charge in [0.05, 0.1) is 25.0 Å². The van der Waals surface area contributed by atoms with Crippen LogP contribution in [0.1, 0.15) is 11.4 Å². The molecule has 0 bridgehead atoms. The number of nitrogens with zero attached hydrogens (tertiary/aromatic N) is 1. The number of hydrogen-bond donors (Lipinski definition) is 3. The highest BCUT2D eigenvalue weighted by Gasteiger charge is 2.24. The molecule has 8 nitrogen and oxygen atoms in total. The Morgan fingerprint density at radius 3 is 2.68 bits per heavy atom. The predicted octanol–water partition coefficient (Wildman–Crippen LogP) is -0.850. The predicted molar refractivity (Wildman–Crippen MR) is 67.1 cm³/mol. The number of rotatable bonds is 8. The number of aryl methyl sites for hydroxylation is 1. The first kappa shape index (κ1) is 16.1. The van der Waals surface area contributed by atoms with Gasteiger partial charge in [0.2, 0.25) is 10.0 Å². The van der Waals surface area contributed by atoms with E-state index in [-0.39, 0.29) is 29.8 Å². The molecule has 0 saturated heterocycles. The first-order valence-electron chi connectivity index (χ1n) is 5.62. The SMILES string of the molecule is COCC(CNS(=O)(=O)c1c(CO)n[nH]c1C)OC. The Morgan fingerprint density at radius 1 is 1.47 bits per heavy atom. The van der Waals surface area contributed by atoms with Crippen LogP contribution in [-0.4, -0.2) is 57.2 Å². The summed E-state index contributed by atoms with van der Waals surface area (Å²) >= 11 is 0. The third kappa shape index (κ3) is 3.98. The largest absolute Gasteiger partial charge is 0.390 e.